The molecule has 0 heterocycles. The van der Waals surface area contributed by atoms with E-state index in [2.05, 4.69) is 72.9 Å². The summed E-state index contributed by atoms with van der Waals surface area (Å²) in [5.74, 6) is 0.357. The molecule has 0 aromatic heterocycles. The Bertz CT molecular complexity index is 1720. The summed E-state index contributed by atoms with van der Waals surface area (Å²) < 4.78 is 0. The van der Waals surface area contributed by atoms with Crippen LogP contribution in [-0.2, 0) is 87.2 Å². The Morgan fingerprint density at radius 3 is 0.414 bits per heavy atom. The average Bonchev–Trinajstić information content (AvgIpc) is 3.26. The monoisotopic (exact) mass is 1490 g/mol. The van der Waals surface area contributed by atoms with Crippen LogP contribution in [0, 0.1) is 80.1 Å². The molecule has 3 aliphatic rings. The molecule has 0 aromatic carbocycles. The van der Waals surface area contributed by atoms with Crippen LogP contribution in [-0.4, -0.2) is 65.3 Å². The number of carbonyl (C=O) groups is 6. The maximum Gasteiger partial charge on any atom is 2.00 e. The zero-order chi connectivity index (χ0) is 61.6. The van der Waals surface area contributed by atoms with Crippen LogP contribution in [0.3, 0.4) is 0 Å². The predicted octanol–water partition coefficient (Wildman–Crippen LogP) is 20.8. The van der Waals surface area contributed by atoms with Crippen molar-refractivity contribution in [2.45, 2.75) is 202 Å². The molecule has 3 rings (SSSR count). The third kappa shape index (κ3) is 113. The molecule has 0 spiro atoms. The SMILES string of the molecule is C1=CCC/C=C\CC1.C1=CCC/C=C\CC1.C1=CCC/C=C\CC1.CC(=O)C=C(O)C(C)C.CC(=O)C=C(O)C(C)C.CC(=O)C=C(O)C(C)C.CC(O)=CC(=O)C(C)C.CC(O)=CC(=O)C(C)C.CC(O)=CC(=O)C(C)C.[CH3-].[CH3-].[CH3-].[CH3-].[CH3-].[CH3-].[Ru+2].[Ru+2].[Ru+2]. The molecule has 3 aliphatic carbocycles. The fourth-order valence-electron chi connectivity index (χ4n) is 4.81. The minimum absolute atomic E-state index is 0. The minimum atomic E-state index is -0.110. The largest absolute Gasteiger partial charge is 2.00 e. The number of rotatable bonds is 12. The zero-order valence-corrected chi connectivity index (χ0v) is 63.7. The number of hydrogen-bond donors (Lipinski definition) is 6. The standard InChI is InChI=1S/3C8H12.6C7H12O2.6CH3.3Ru/c3*1-2-4-6-8-7-5-3-1;6*1-5(2)7(9)4-6(3)8;;;;;;;;;/h3*1-2,7-8H,3-6H2;3*4-5,9H,1-3H3;3*4-5,8H,1-3H3;6*1H3;;;/q;;;;;;;;;6*-1;3*+2/b3*2-1-,8-7?;;;;;;;;;;;;;;;. The Kier molecular flexibility index (Phi) is 116. The molecule has 87 heavy (non-hydrogen) atoms. The molecule has 15 heteroatoms. The van der Waals surface area contributed by atoms with Crippen molar-refractivity contribution in [1.29, 1.82) is 0 Å². The van der Waals surface area contributed by atoms with Crippen LogP contribution in [0.4, 0.5) is 0 Å². The summed E-state index contributed by atoms with van der Waals surface area (Å²) in [6.45, 7) is 30.4. The number of hydrogen-bond acceptors (Lipinski definition) is 12. The van der Waals surface area contributed by atoms with E-state index in [-0.39, 0.29) is 208 Å². The summed E-state index contributed by atoms with van der Waals surface area (Å²) in [5.41, 5.74) is 0. The molecule has 0 saturated heterocycles. The summed E-state index contributed by atoms with van der Waals surface area (Å²) in [5, 5.41) is 52.6. The Labute approximate surface area is 574 Å². The fourth-order valence-corrected chi connectivity index (χ4v) is 4.81. The van der Waals surface area contributed by atoms with E-state index in [4.69, 9.17) is 30.6 Å². The number of allylic oxidation sites excluding steroid dienone is 24. The van der Waals surface area contributed by atoms with Gasteiger partial charge in [-0.1, -0.05) is 156 Å². The molecule has 0 radical (unpaired) electrons. The average molecular weight is 1490 g/mol. The predicted molar refractivity (Wildman–Crippen MR) is 366 cm³/mol. The van der Waals surface area contributed by atoms with Gasteiger partial charge in [-0.15, -0.1) is 0 Å². The van der Waals surface area contributed by atoms with E-state index in [1.165, 1.54) is 155 Å². The van der Waals surface area contributed by atoms with E-state index in [0.29, 0.717) is 0 Å². The van der Waals surface area contributed by atoms with Gasteiger partial charge in [0.25, 0.3) is 0 Å². The minimum Gasteiger partial charge on any atom is -0.512 e. The molecule has 510 valence electrons. The molecule has 12 nitrogen and oxygen atoms in total. The summed E-state index contributed by atoms with van der Waals surface area (Å²) in [4.78, 5) is 63.1. The maximum atomic E-state index is 10.7. The normalized spacial score (nSPS) is 14.2. The molecule has 0 bridgehead atoms. The van der Waals surface area contributed by atoms with Crippen LogP contribution >= 0.6 is 0 Å². The maximum absolute atomic E-state index is 10.7. The van der Waals surface area contributed by atoms with Gasteiger partial charge in [0.1, 0.15) is 0 Å². The van der Waals surface area contributed by atoms with Crippen molar-refractivity contribution in [2.24, 2.45) is 35.5 Å². The van der Waals surface area contributed by atoms with Crippen LogP contribution in [0.15, 0.2) is 144 Å². The van der Waals surface area contributed by atoms with Crippen LogP contribution in [0.1, 0.15) is 202 Å². The number of ketones is 6. The third-order valence-corrected chi connectivity index (χ3v) is 9.59. The van der Waals surface area contributed by atoms with Crippen molar-refractivity contribution in [3.63, 3.8) is 0 Å². The van der Waals surface area contributed by atoms with Gasteiger partial charge in [0, 0.05) is 72.0 Å². The number of aliphatic hydroxyl groups is 6. The zero-order valence-electron chi connectivity index (χ0n) is 58.5. The topological polar surface area (TPSA) is 224 Å². The van der Waals surface area contributed by atoms with E-state index in [9.17, 15) is 28.8 Å². The van der Waals surface area contributed by atoms with Gasteiger partial charge < -0.3 is 75.2 Å². The van der Waals surface area contributed by atoms with Gasteiger partial charge >= 0.3 is 58.4 Å². The Morgan fingerprint density at radius 2 is 0.368 bits per heavy atom. The summed E-state index contributed by atoms with van der Waals surface area (Å²) in [7, 11) is 0. The van der Waals surface area contributed by atoms with Crippen molar-refractivity contribution in [3.8, 4) is 0 Å². The van der Waals surface area contributed by atoms with E-state index < -0.39 is 0 Å². The van der Waals surface area contributed by atoms with E-state index in [1.807, 2.05) is 41.5 Å². The summed E-state index contributed by atoms with van der Waals surface area (Å²) >= 11 is 0. The molecule has 0 aromatic rings. The second-order valence-corrected chi connectivity index (χ2v) is 20.3. The molecule has 0 saturated carbocycles. The quantitative estimate of drug-likeness (QED) is 0.0353. The van der Waals surface area contributed by atoms with Gasteiger partial charge in [0.2, 0.25) is 0 Å². The third-order valence-electron chi connectivity index (χ3n) is 9.59. The number of aliphatic hydroxyl groups excluding tert-OH is 6. The van der Waals surface area contributed by atoms with E-state index in [1.54, 1.807) is 41.5 Å². The fraction of sp³-hybridized carbons (Fsp3) is 0.500. The van der Waals surface area contributed by atoms with Crippen molar-refractivity contribution >= 4 is 34.7 Å². The van der Waals surface area contributed by atoms with Crippen LogP contribution < -0.4 is 0 Å². The van der Waals surface area contributed by atoms with Gasteiger partial charge in [0.15, 0.2) is 34.7 Å². The first-order valence-electron chi connectivity index (χ1n) is 27.6. The Balaban J connectivity index is -0.0000000509. The van der Waals surface area contributed by atoms with Gasteiger partial charge in [-0.3, -0.25) is 28.8 Å². The van der Waals surface area contributed by atoms with E-state index >= 15 is 0 Å². The first-order valence-corrected chi connectivity index (χ1v) is 27.6. The molecular weight excluding hydrogens is 1360 g/mol. The molecule has 0 atom stereocenters. The first kappa shape index (κ1) is 120. The van der Waals surface area contributed by atoms with E-state index in [0.717, 1.165) is 0 Å². The molecular formula is C72H126O12Ru3. The van der Waals surface area contributed by atoms with Gasteiger partial charge in [-0.2, -0.15) is 0 Å². The molecule has 0 aliphatic heterocycles. The van der Waals surface area contributed by atoms with Crippen LogP contribution in [0.5, 0.6) is 0 Å². The Hall–Kier alpha value is -4.43. The summed E-state index contributed by atoms with van der Waals surface area (Å²) in [6.07, 6.45) is 49.4. The van der Waals surface area contributed by atoms with Gasteiger partial charge in [0.05, 0.1) is 34.6 Å². The molecule has 6 N–H and O–H groups in total. The van der Waals surface area contributed by atoms with Crippen molar-refractivity contribution in [2.75, 3.05) is 0 Å². The van der Waals surface area contributed by atoms with Crippen molar-refractivity contribution in [3.05, 3.63) is 188 Å². The van der Waals surface area contributed by atoms with Crippen LogP contribution in [0.25, 0.3) is 0 Å². The number of carbonyl (C=O) groups excluding carboxylic acids is 6. The van der Waals surface area contributed by atoms with Gasteiger partial charge in [-0.05, 0) is 119 Å². The van der Waals surface area contributed by atoms with Gasteiger partial charge in [-0.25, -0.2) is 0 Å². The summed E-state index contributed by atoms with van der Waals surface area (Å²) in [6, 6.07) is 0. The molecule has 0 unspecified atom stereocenters. The molecule has 0 fully saturated rings. The molecule has 0 amide bonds. The van der Waals surface area contributed by atoms with Crippen LogP contribution in [0.2, 0.25) is 0 Å². The smallest absolute Gasteiger partial charge is 0.512 e. The first-order chi connectivity index (χ1) is 36.2. The Morgan fingerprint density at radius 1 is 0.253 bits per heavy atom. The van der Waals surface area contributed by atoms with Crippen molar-refractivity contribution in [1.82, 2.24) is 0 Å². The second-order valence-electron chi connectivity index (χ2n) is 20.3. The second kappa shape index (κ2) is 83.6. The van der Waals surface area contributed by atoms with Crippen molar-refractivity contribution < 1.29 is 118 Å².